The number of nitrogen functional groups attached to an aromatic ring is 1. The molecule has 0 saturated carbocycles. The molecule has 18 heavy (non-hydrogen) atoms. The van der Waals surface area contributed by atoms with Gasteiger partial charge in [0, 0.05) is 6.54 Å². The van der Waals surface area contributed by atoms with E-state index < -0.39 is 0 Å². The molecule has 0 aliphatic heterocycles. The number of anilines is 1. The minimum absolute atomic E-state index is 0.462. The number of hydrogen-bond acceptors (Lipinski definition) is 5. The Balaban J connectivity index is 2.20. The van der Waals surface area contributed by atoms with Gasteiger partial charge in [-0.15, -0.1) is 0 Å². The lowest BCUT2D eigenvalue weighted by Gasteiger charge is -2.07. The molecule has 2 heterocycles. The molecule has 2 N–H and O–H groups in total. The SMILES string of the molecule is CCCn1cc(Oc2ncnc(N)c2CC)cn1. The Labute approximate surface area is 106 Å². The van der Waals surface area contributed by atoms with Gasteiger partial charge in [-0.2, -0.15) is 5.10 Å². The summed E-state index contributed by atoms with van der Waals surface area (Å²) in [6.45, 7) is 4.96. The summed E-state index contributed by atoms with van der Waals surface area (Å²) in [5.74, 6) is 1.63. The Bertz CT molecular complexity index is 523. The maximum Gasteiger partial charge on any atom is 0.227 e. The lowest BCUT2D eigenvalue weighted by atomic mass is 10.2. The monoisotopic (exact) mass is 247 g/mol. The summed E-state index contributed by atoms with van der Waals surface area (Å²) < 4.78 is 7.53. The largest absolute Gasteiger partial charge is 0.435 e. The van der Waals surface area contributed by atoms with E-state index in [0.29, 0.717) is 17.4 Å². The molecule has 2 aromatic rings. The first-order chi connectivity index (χ1) is 8.74. The maximum absolute atomic E-state index is 5.79. The Hall–Kier alpha value is -2.11. The number of aromatic nitrogens is 4. The summed E-state index contributed by atoms with van der Waals surface area (Å²) >= 11 is 0. The minimum atomic E-state index is 0.462. The molecule has 2 aromatic heterocycles. The van der Waals surface area contributed by atoms with E-state index >= 15 is 0 Å². The molecular formula is C12H17N5O. The Morgan fingerprint density at radius 3 is 2.89 bits per heavy atom. The molecule has 0 fully saturated rings. The van der Waals surface area contributed by atoms with Crippen LogP contribution in [0.5, 0.6) is 11.6 Å². The molecular weight excluding hydrogens is 230 g/mol. The van der Waals surface area contributed by atoms with Gasteiger partial charge in [0.15, 0.2) is 5.75 Å². The summed E-state index contributed by atoms with van der Waals surface area (Å²) in [6, 6.07) is 0. The van der Waals surface area contributed by atoms with Gasteiger partial charge >= 0.3 is 0 Å². The predicted octanol–water partition coefficient (Wildman–Crippen LogP) is 2.02. The van der Waals surface area contributed by atoms with Gasteiger partial charge in [-0.1, -0.05) is 13.8 Å². The second-order valence-electron chi connectivity index (χ2n) is 3.94. The minimum Gasteiger partial charge on any atom is -0.435 e. The van der Waals surface area contributed by atoms with E-state index in [-0.39, 0.29) is 0 Å². The second-order valence-corrected chi connectivity index (χ2v) is 3.94. The molecule has 0 aliphatic carbocycles. The van der Waals surface area contributed by atoms with E-state index in [1.807, 2.05) is 17.8 Å². The van der Waals surface area contributed by atoms with E-state index in [4.69, 9.17) is 10.5 Å². The van der Waals surface area contributed by atoms with Crippen molar-refractivity contribution in [2.45, 2.75) is 33.2 Å². The van der Waals surface area contributed by atoms with E-state index in [9.17, 15) is 0 Å². The third-order valence-electron chi connectivity index (χ3n) is 2.57. The van der Waals surface area contributed by atoms with Crippen molar-refractivity contribution in [3.8, 4) is 11.6 Å². The Morgan fingerprint density at radius 1 is 1.33 bits per heavy atom. The lowest BCUT2D eigenvalue weighted by Crippen LogP contribution is -2.01. The van der Waals surface area contributed by atoms with Crippen LogP contribution in [0, 0.1) is 0 Å². The van der Waals surface area contributed by atoms with Crippen molar-refractivity contribution in [1.29, 1.82) is 0 Å². The summed E-state index contributed by atoms with van der Waals surface area (Å²) in [7, 11) is 0. The fraction of sp³-hybridized carbons (Fsp3) is 0.417. The molecule has 0 atom stereocenters. The molecule has 0 saturated heterocycles. The van der Waals surface area contributed by atoms with Crippen molar-refractivity contribution in [3.63, 3.8) is 0 Å². The van der Waals surface area contributed by atoms with E-state index in [1.165, 1.54) is 6.33 Å². The molecule has 0 radical (unpaired) electrons. The van der Waals surface area contributed by atoms with Crippen LogP contribution in [0.1, 0.15) is 25.8 Å². The highest BCUT2D eigenvalue weighted by atomic mass is 16.5. The lowest BCUT2D eigenvalue weighted by molar-refractivity contribution is 0.454. The highest BCUT2D eigenvalue weighted by Gasteiger charge is 2.10. The number of hydrogen-bond donors (Lipinski definition) is 1. The molecule has 6 heteroatoms. The number of aryl methyl sites for hydroxylation is 1. The fourth-order valence-corrected chi connectivity index (χ4v) is 1.69. The first-order valence-corrected chi connectivity index (χ1v) is 6.04. The molecule has 0 unspecified atom stereocenters. The zero-order valence-corrected chi connectivity index (χ0v) is 10.6. The van der Waals surface area contributed by atoms with E-state index in [1.54, 1.807) is 6.20 Å². The van der Waals surface area contributed by atoms with Gasteiger partial charge < -0.3 is 10.5 Å². The van der Waals surface area contributed by atoms with Gasteiger partial charge in [0.25, 0.3) is 0 Å². The van der Waals surface area contributed by atoms with Crippen molar-refractivity contribution >= 4 is 5.82 Å². The van der Waals surface area contributed by atoms with Gasteiger partial charge in [-0.25, -0.2) is 9.97 Å². The van der Waals surface area contributed by atoms with Crippen LogP contribution in [-0.4, -0.2) is 19.7 Å². The Kier molecular flexibility index (Phi) is 3.76. The summed E-state index contributed by atoms with van der Waals surface area (Å²) in [5.41, 5.74) is 6.61. The van der Waals surface area contributed by atoms with E-state index in [0.717, 1.165) is 24.9 Å². The van der Waals surface area contributed by atoms with Crippen LogP contribution in [-0.2, 0) is 13.0 Å². The van der Waals surface area contributed by atoms with Crippen molar-refractivity contribution in [1.82, 2.24) is 19.7 Å². The molecule has 0 aliphatic rings. The fourth-order valence-electron chi connectivity index (χ4n) is 1.69. The molecule has 6 nitrogen and oxygen atoms in total. The average Bonchev–Trinajstić information content (AvgIpc) is 2.77. The van der Waals surface area contributed by atoms with Crippen LogP contribution in [0.15, 0.2) is 18.7 Å². The highest BCUT2D eigenvalue weighted by Crippen LogP contribution is 2.25. The topological polar surface area (TPSA) is 78.8 Å². The molecule has 0 amide bonds. The summed E-state index contributed by atoms with van der Waals surface area (Å²) in [6.07, 6.45) is 6.68. The van der Waals surface area contributed by atoms with Gasteiger partial charge in [0.2, 0.25) is 5.88 Å². The van der Waals surface area contributed by atoms with Crippen molar-refractivity contribution < 1.29 is 4.74 Å². The first-order valence-electron chi connectivity index (χ1n) is 6.04. The van der Waals surface area contributed by atoms with E-state index in [2.05, 4.69) is 22.0 Å². The standard InChI is InChI=1S/C12H17N5O/c1-3-5-17-7-9(6-16-17)18-12-10(4-2)11(13)14-8-15-12/h6-8H,3-5H2,1-2H3,(H2,13,14,15). The Morgan fingerprint density at radius 2 is 2.17 bits per heavy atom. The number of rotatable bonds is 5. The first kappa shape index (κ1) is 12.3. The highest BCUT2D eigenvalue weighted by molar-refractivity contribution is 5.45. The molecule has 2 rings (SSSR count). The second kappa shape index (κ2) is 5.48. The third-order valence-corrected chi connectivity index (χ3v) is 2.57. The third kappa shape index (κ3) is 2.58. The van der Waals surface area contributed by atoms with Crippen LogP contribution in [0.3, 0.4) is 0 Å². The maximum atomic E-state index is 5.79. The van der Waals surface area contributed by atoms with Crippen molar-refractivity contribution in [2.24, 2.45) is 0 Å². The smallest absolute Gasteiger partial charge is 0.227 e. The zero-order chi connectivity index (χ0) is 13.0. The van der Waals surface area contributed by atoms with Gasteiger partial charge in [0.05, 0.1) is 18.0 Å². The normalized spacial score (nSPS) is 10.6. The quantitative estimate of drug-likeness (QED) is 0.874. The van der Waals surface area contributed by atoms with Crippen LogP contribution in [0.25, 0.3) is 0 Å². The summed E-state index contributed by atoms with van der Waals surface area (Å²) in [5, 5.41) is 4.20. The van der Waals surface area contributed by atoms with Crippen LogP contribution >= 0.6 is 0 Å². The molecule has 0 spiro atoms. The van der Waals surface area contributed by atoms with Crippen LogP contribution in [0.2, 0.25) is 0 Å². The molecule has 96 valence electrons. The number of ether oxygens (including phenoxy) is 1. The average molecular weight is 247 g/mol. The molecule has 0 aromatic carbocycles. The van der Waals surface area contributed by atoms with Gasteiger partial charge in [-0.05, 0) is 12.8 Å². The number of nitrogens with zero attached hydrogens (tertiary/aromatic N) is 4. The van der Waals surface area contributed by atoms with Gasteiger partial charge in [0.1, 0.15) is 12.1 Å². The molecule has 0 bridgehead atoms. The van der Waals surface area contributed by atoms with Gasteiger partial charge in [-0.3, -0.25) is 4.68 Å². The summed E-state index contributed by atoms with van der Waals surface area (Å²) in [4.78, 5) is 8.06. The number of nitrogens with two attached hydrogens (primary N) is 1. The van der Waals surface area contributed by atoms with Crippen LogP contribution in [0.4, 0.5) is 5.82 Å². The van der Waals surface area contributed by atoms with Crippen LogP contribution < -0.4 is 10.5 Å². The predicted molar refractivity (Wildman–Crippen MR) is 68.4 cm³/mol. The van der Waals surface area contributed by atoms with Crippen molar-refractivity contribution in [3.05, 3.63) is 24.3 Å². The van der Waals surface area contributed by atoms with Crippen molar-refractivity contribution in [2.75, 3.05) is 5.73 Å². The zero-order valence-electron chi connectivity index (χ0n) is 10.6.